The summed E-state index contributed by atoms with van der Waals surface area (Å²) in [4.78, 5) is 0. The van der Waals surface area contributed by atoms with Crippen molar-refractivity contribution < 1.29 is 54.4 Å². The Labute approximate surface area is 337 Å². The normalized spacial score (nSPS) is 12.3. The predicted molar refractivity (Wildman–Crippen MR) is 201 cm³/mol. The molecule has 0 radical (unpaired) electrons. The minimum absolute atomic E-state index is 0. The Hall–Kier alpha value is -5.62. The lowest BCUT2D eigenvalue weighted by atomic mass is 10.2. The van der Waals surface area contributed by atoms with E-state index in [4.69, 9.17) is 10.2 Å². The van der Waals surface area contributed by atoms with Crippen LogP contribution in [-0.4, -0.2) is 67.7 Å². The maximum atomic E-state index is 9.23. The van der Waals surface area contributed by atoms with E-state index in [1.54, 1.807) is 18.3 Å². The van der Waals surface area contributed by atoms with E-state index in [-0.39, 0.29) is 51.2 Å². The summed E-state index contributed by atoms with van der Waals surface area (Å²) < 4.78 is 7.21. The molecule has 0 saturated carbocycles. The molecule has 18 heteroatoms. The fourth-order valence-corrected chi connectivity index (χ4v) is 4.72. The molecule has 0 atom stereocenters. The molecule has 0 unspecified atom stereocenters. The molecule has 0 aliphatic heterocycles. The van der Waals surface area contributed by atoms with Gasteiger partial charge in [-0.25, -0.2) is 9.13 Å². The van der Waals surface area contributed by atoms with E-state index in [1.165, 1.54) is 0 Å². The highest BCUT2D eigenvalue weighted by Crippen LogP contribution is 2.09. The molecule has 5 rings (SSSR count). The van der Waals surface area contributed by atoms with Crippen molar-refractivity contribution in [1.29, 1.82) is 0 Å². The number of rotatable bonds is 14. The zero-order valence-corrected chi connectivity index (χ0v) is 32.4. The van der Waals surface area contributed by atoms with Gasteiger partial charge >= 0.3 is 11.6 Å². The molecule has 0 aliphatic rings. The molecule has 4 heterocycles. The second-order valence-corrected chi connectivity index (χ2v) is 11.2. The van der Waals surface area contributed by atoms with Gasteiger partial charge in [-0.1, -0.05) is 61.5 Å². The van der Waals surface area contributed by atoms with Crippen LogP contribution >= 0.6 is 0 Å². The van der Waals surface area contributed by atoms with Crippen molar-refractivity contribution in [3.8, 4) is 0 Å². The van der Waals surface area contributed by atoms with Gasteiger partial charge in [0.25, 0.3) is 0 Å². The van der Waals surface area contributed by atoms with Crippen molar-refractivity contribution in [2.45, 2.75) is 39.5 Å². The molecule has 296 valence electrons. The van der Waals surface area contributed by atoms with E-state index in [0.29, 0.717) is 66.9 Å². The van der Waals surface area contributed by atoms with Crippen molar-refractivity contribution in [1.82, 2.24) is 9.13 Å². The van der Waals surface area contributed by atoms with Crippen LogP contribution in [0.4, 0.5) is 11.6 Å². The van der Waals surface area contributed by atoms with Crippen LogP contribution in [0.5, 0.6) is 0 Å². The molecular formula is C38H46Cl2N12O4. The number of aliphatic hydroxyl groups excluding tert-OH is 4. The van der Waals surface area contributed by atoms with Crippen LogP contribution in [0.1, 0.15) is 18.9 Å². The number of halogens is 2. The number of azo groups is 2. The average Bonchev–Trinajstić information content (AvgIpc) is 3.21. The fourth-order valence-electron chi connectivity index (χ4n) is 4.72. The van der Waals surface area contributed by atoms with Crippen molar-refractivity contribution in [2.24, 2.45) is 40.9 Å². The molecule has 0 spiro atoms. The second kappa shape index (κ2) is 27.0. The highest BCUT2D eigenvalue weighted by atomic mass is 35.5. The van der Waals surface area contributed by atoms with Gasteiger partial charge in [-0.15, -0.1) is 20.4 Å². The van der Waals surface area contributed by atoms with E-state index < -0.39 is 0 Å². The van der Waals surface area contributed by atoms with Gasteiger partial charge in [0.2, 0.25) is 5.84 Å². The Morgan fingerprint density at radius 3 is 1.54 bits per heavy atom. The molecule has 0 fully saturated rings. The largest absolute Gasteiger partial charge is 1.00 e. The molecule has 0 amide bonds. The number of aromatic nitrogens is 4. The molecule has 56 heavy (non-hydrogen) atoms. The third-order valence-corrected chi connectivity index (χ3v) is 7.41. The van der Waals surface area contributed by atoms with Crippen LogP contribution in [0.3, 0.4) is 0 Å². The SMILES string of the molecule is CCC(N=Nc1cccc[n+]1CCO)=NN=c1ccccn1CCO.OCCn1ccccc1=NN=C(N=Nc1cccc[n+]1CCO)c1ccccc1.[Cl-].[Cl-]. The number of aliphatic hydroxyl groups is 4. The lowest BCUT2D eigenvalue weighted by molar-refractivity contribution is -0.685. The minimum Gasteiger partial charge on any atom is -1.00 e. The standard InChI is InChI=1S/C21H23N6O2.C17H23N6O2.2ClH/c28-16-14-26-12-6-4-10-19(26)22-24-21(18-8-2-1-3-9-18)25-23-20-11-5-7-13-27(20)15-17-29;1-2-15(18-20-16-7-3-5-9-22(16)11-13-24)19-21-17-8-4-6-10-23(17)12-14-25;;/h1-13,28-29H,14-17H2;3-10,24-25H,2,11-14H2,1H3;2*1H/q2*+1;;/p-2. The van der Waals surface area contributed by atoms with Crippen molar-refractivity contribution in [3.63, 3.8) is 0 Å². The summed E-state index contributed by atoms with van der Waals surface area (Å²) in [6.45, 7) is 3.72. The van der Waals surface area contributed by atoms with Crippen LogP contribution in [0.15, 0.2) is 169 Å². The molecule has 1 aromatic carbocycles. The first-order chi connectivity index (χ1) is 26.6. The topological polar surface area (TPSA) is 197 Å². The van der Waals surface area contributed by atoms with Gasteiger partial charge in [-0.05, 0) is 46.6 Å². The van der Waals surface area contributed by atoms with Gasteiger partial charge in [-0.2, -0.15) is 0 Å². The van der Waals surface area contributed by atoms with E-state index in [2.05, 4.69) is 40.9 Å². The summed E-state index contributed by atoms with van der Waals surface area (Å²) >= 11 is 0. The van der Waals surface area contributed by atoms with E-state index >= 15 is 0 Å². The number of amidine groups is 2. The zero-order valence-electron chi connectivity index (χ0n) is 30.9. The Morgan fingerprint density at radius 2 is 1.04 bits per heavy atom. The highest BCUT2D eigenvalue weighted by Gasteiger charge is 2.11. The number of hydrogen-bond acceptors (Lipinski definition) is 10. The summed E-state index contributed by atoms with van der Waals surface area (Å²) in [5, 5.41) is 70.7. The summed E-state index contributed by atoms with van der Waals surface area (Å²) in [6, 6.07) is 31.6. The van der Waals surface area contributed by atoms with Gasteiger partial charge in [-0.3, -0.25) is 0 Å². The first-order valence-corrected chi connectivity index (χ1v) is 17.4. The quantitative estimate of drug-likeness (QED) is 0.0305. The Morgan fingerprint density at radius 1 is 0.554 bits per heavy atom. The number of pyridine rings is 4. The summed E-state index contributed by atoms with van der Waals surface area (Å²) in [5.74, 6) is 2.07. The summed E-state index contributed by atoms with van der Waals surface area (Å²) in [7, 11) is 0. The predicted octanol–water partition coefficient (Wildman–Crippen LogP) is -3.02. The average molecular weight is 806 g/mol. The van der Waals surface area contributed by atoms with Crippen molar-refractivity contribution >= 4 is 23.3 Å². The third-order valence-electron chi connectivity index (χ3n) is 7.41. The number of nitrogens with zero attached hydrogens (tertiary/aromatic N) is 12. The van der Waals surface area contributed by atoms with Gasteiger partial charge in [0, 0.05) is 49.6 Å². The Balaban J connectivity index is 0.000000378. The molecule has 16 nitrogen and oxygen atoms in total. The van der Waals surface area contributed by atoms with Crippen LogP contribution in [0, 0.1) is 0 Å². The third kappa shape index (κ3) is 15.3. The summed E-state index contributed by atoms with van der Waals surface area (Å²) in [5.41, 5.74) is 2.00. The van der Waals surface area contributed by atoms with Gasteiger partial charge in [0.15, 0.2) is 16.8 Å². The summed E-state index contributed by atoms with van der Waals surface area (Å²) in [6.07, 6.45) is 7.90. The Kier molecular flexibility index (Phi) is 22.5. The highest BCUT2D eigenvalue weighted by molar-refractivity contribution is 5.99. The number of hydrogen-bond donors (Lipinski definition) is 4. The van der Waals surface area contributed by atoms with E-state index in [9.17, 15) is 10.2 Å². The van der Waals surface area contributed by atoms with Crippen molar-refractivity contribution in [2.75, 3.05) is 26.4 Å². The minimum atomic E-state index is 0. The first-order valence-electron chi connectivity index (χ1n) is 17.4. The lowest BCUT2D eigenvalue weighted by Crippen LogP contribution is -3.00. The smallest absolute Gasteiger partial charge is 0.350 e. The molecule has 0 aliphatic carbocycles. The van der Waals surface area contributed by atoms with Crippen LogP contribution in [0.25, 0.3) is 0 Å². The van der Waals surface area contributed by atoms with Gasteiger partial charge in [0.1, 0.15) is 13.1 Å². The van der Waals surface area contributed by atoms with E-state index in [1.807, 2.05) is 135 Å². The monoisotopic (exact) mass is 804 g/mol. The van der Waals surface area contributed by atoms with Crippen LogP contribution in [0.2, 0.25) is 0 Å². The maximum Gasteiger partial charge on any atom is 0.350 e. The van der Waals surface area contributed by atoms with Crippen LogP contribution in [-0.2, 0) is 26.2 Å². The molecular weight excluding hydrogens is 759 g/mol. The molecule has 0 bridgehead atoms. The Bertz CT molecular complexity index is 2160. The van der Waals surface area contributed by atoms with Gasteiger partial charge in [0.05, 0.1) is 49.0 Å². The maximum absolute atomic E-state index is 9.23. The number of benzene rings is 1. The molecule has 4 N–H and O–H groups in total. The van der Waals surface area contributed by atoms with E-state index in [0.717, 1.165) is 5.56 Å². The van der Waals surface area contributed by atoms with Crippen LogP contribution < -0.4 is 44.9 Å². The van der Waals surface area contributed by atoms with Gasteiger partial charge < -0.3 is 54.4 Å². The van der Waals surface area contributed by atoms with Crippen molar-refractivity contribution in [3.05, 3.63) is 144 Å². The second-order valence-electron chi connectivity index (χ2n) is 11.2. The lowest BCUT2D eigenvalue weighted by Gasteiger charge is -2.03. The molecule has 4 aromatic heterocycles. The first kappa shape index (κ1) is 46.5. The zero-order chi connectivity index (χ0) is 38.2. The fraction of sp³-hybridized carbons (Fsp3) is 0.263. The molecule has 0 saturated heterocycles. The molecule has 5 aromatic rings.